The van der Waals surface area contributed by atoms with E-state index < -0.39 is 0 Å². The molecule has 130 valence electrons. The number of pyridine rings is 1. The predicted octanol–water partition coefficient (Wildman–Crippen LogP) is 4.44. The highest BCUT2D eigenvalue weighted by Crippen LogP contribution is 2.19. The summed E-state index contributed by atoms with van der Waals surface area (Å²) in [5.41, 5.74) is 1.89. The summed E-state index contributed by atoms with van der Waals surface area (Å²) in [6, 6.07) is 10.4. The molecule has 2 rings (SSSR count). The monoisotopic (exact) mass is 346 g/mol. The molecule has 0 bridgehead atoms. The maximum Gasteiger partial charge on any atom is 0.233 e. The molecule has 1 aromatic heterocycles. The molecule has 2 aromatic rings. The first-order valence-electron chi connectivity index (χ1n) is 8.23. The number of fused-ring (bicyclic) bond motifs is 1. The van der Waals surface area contributed by atoms with E-state index in [1.807, 2.05) is 63.9 Å². The Hall–Kier alpha value is -1.59. The van der Waals surface area contributed by atoms with E-state index in [9.17, 15) is 4.79 Å². The van der Waals surface area contributed by atoms with Crippen molar-refractivity contribution in [2.45, 2.75) is 51.5 Å². The number of benzene rings is 1. The summed E-state index contributed by atoms with van der Waals surface area (Å²) in [6.07, 6.45) is 3.60. The van der Waals surface area contributed by atoms with Crippen LogP contribution in [0.4, 0.5) is 0 Å². The van der Waals surface area contributed by atoms with Crippen LogP contribution in [0.25, 0.3) is 10.9 Å². The summed E-state index contributed by atoms with van der Waals surface area (Å²) in [4.78, 5) is 21.3. The van der Waals surface area contributed by atoms with Crippen LogP contribution in [0, 0.1) is 0 Å². The second-order valence-electron chi connectivity index (χ2n) is 6.90. The van der Waals surface area contributed by atoms with Crippen molar-refractivity contribution >= 4 is 29.1 Å². The molecule has 0 fully saturated rings. The number of aromatic nitrogens is 1. The SMILES string of the molecule is CC(CCSCc1cnc2ccccc2c1)N(C=O)OC(C)(C)C. The number of hydrogen-bond acceptors (Lipinski definition) is 4. The molecule has 0 N–H and O–H groups in total. The van der Waals surface area contributed by atoms with Crippen molar-refractivity contribution in [1.82, 2.24) is 10.0 Å². The lowest BCUT2D eigenvalue weighted by Crippen LogP contribution is -2.39. The van der Waals surface area contributed by atoms with Crippen molar-refractivity contribution in [2.75, 3.05) is 5.75 Å². The van der Waals surface area contributed by atoms with E-state index in [-0.39, 0.29) is 11.6 Å². The van der Waals surface area contributed by atoms with Crippen LogP contribution >= 0.6 is 11.8 Å². The molecular weight excluding hydrogens is 320 g/mol. The lowest BCUT2D eigenvalue weighted by Gasteiger charge is -2.31. The van der Waals surface area contributed by atoms with Gasteiger partial charge in [-0.05, 0) is 57.6 Å². The first-order valence-corrected chi connectivity index (χ1v) is 9.39. The van der Waals surface area contributed by atoms with Crippen LogP contribution in [0.5, 0.6) is 0 Å². The predicted molar refractivity (Wildman–Crippen MR) is 101 cm³/mol. The minimum Gasteiger partial charge on any atom is -0.276 e. The topological polar surface area (TPSA) is 42.4 Å². The van der Waals surface area contributed by atoms with Gasteiger partial charge in [0.2, 0.25) is 6.41 Å². The summed E-state index contributed by atoms with van der Waals surface area (Å²) in [5, 5.41) is 2.60. The van der Waals surface area contributed by atoms with Crippen molar-refractivity contribution < 1.29 is 9.63 Å². The summed E-state index contributed by atoms with van der Waals surface area (Å²) in [6.45, 7) is 7.84. The summed E-state index contributed by atoms with van der Waals surface area (Å²) in [7, 11) is 0. The van der Waals surface area contributed by atoms with E-state index in [1.165, 1.54) is 16.0 Å². The van der Waals surface area contributed by atoms with Gasteiger partial charge in [0.15, 0.2) is 0 Å². The van der Waals surface area contributed by atoms with Crippen molar-refractivity contribution in [3.05, 3.63) is 42.1 Å². The van der Waals surface area contributed by atoms with Crippen LogP contribution < -0.4 is 0 Å². The van der Waals surface area contributed by atoms with E-state index in [1.54, 1.807) is 0 Å². The fourth-order valence-corrected chi connectivity index (χ4v) is 3.34. The molecule has 1 unspecified atom stereocenters. The zero-order valence-corrected chi connectivity index (χ0v) is 15.7. The molecule has 0 aliphatic rings. The Bertz CT molecular complexity index is 670. The second-order valence-corrected chi connectivity index (χ2v) is 8.00. The Morgan fingerprint density at radius 3 is 2.79 bits per heavy atom. The highest BCUT2D eigenvalue weighted by Gasteiger charge is 2.20. The van der Waals surface area contributed by atoms with Gasteiger partial charge in [-0.25, -0.2) is 5.06 Å². The second kappa shape index (κ2) is 8.49. The number of carbonyl (C=O) groups excluding carboxylic acids is 1. The number of nitrogens with zero attached hydrogens (tertiary/aromatic N) is 2. The Morgan fingerprint density at radius 1 is 1.33 bits per heavy atom. The highest BCUT2D eigenvalue weighted by atomic mass is 32.2. The zero-order valence-electron chi connectivity index (χ0n) is 14.9. The molecule has 0 aliphatic heterocycles. The largest absolute Gasteiger partial charge is 0.276 e. The van der Waals surface area contributed by atoms with Crippen LogP contribution in [-0.2, 0) is 15.4 Å². The maximum atomic E-state index is 11.2. The molecule has 24 heavy (non-hydrogen) atoms. The first-order chi connectivity index (χ1) is 11.4. The van der Waals surface area contributed by atoms with Gasteiger partial charge in [0, 0.05) is 17.3 Å². The van der Waals surface area contributed by atoms with Crippen molar-refractivity contribution in [1.29, 1.82) is 0 Å². The fourth-order valence-electron chi connectivity index (χ4n) is 2.30. The Morgan fingerprint density at radius 2 is 2.08 bits per heavy atom. The van der Waals surface area contributed by atoms with Crippen LogP contribution in [0.15, 0.2) is 36.5 Å². The summed E-state index contributed by atoms with van der Waals surface area (Å²) >= 11 is 1.85. The van der Waals surface area contributed by atoms with Gasteiger partial charge >= 0.3 is 0 Å². The van der Waals surface area contributed by atoms with Gasteiger partial charge in [-0.3, -0.25) is 14.6 Å². The lowest BCUT2D eigenvalue weighted by atomic mass is 10.2. The van der Waals surface area contributed by atoms with Crippen molar-refractivity contribution in [3.8, 4) is 0 Å². The quantitative estimate of drug-likeness (QED) is 0.403. The number of thioether (sulfide) groups is 1. The smallest absolute Gasteiger partial charge is 0.233 e. The van der Waals surface area contributed by atoms with Gasteiger partial charge in [0.1, 0.15) is 0 Å². The number of hydrogen-bond donors (Lipinski definition) is 0. The standard InChI is InChI=1S/C19H26N2O2S/c1-15(21(14-22)23-19(2,3)4)9-10-24-13-16-11-17-7-5-6-8-18(17)20-12-16/h5-8,11-12,14-15H,9-10,13H2,1-4H3. The molecule has 0 radical (unpaired) electrons. The number of hydroxylamine groups is 2. The number of carbonyl (C=O) groups is 1. The van der Waals surface area contributed by atoms with Crippen LogP contribution in [0.3, 0.4) is 0 Å². The molecule has 0 saturated heterocycles. The number of para-hydroxylation sites is 1. The Labute approximate surface area is 148 Å². The minimum atomic E-state index is -0.362. The van der Waals surface area contributed by atoms with Gasteiger partial charge in [0.05, 0.1) is 17.2 Å². The van der Waals surface area contributed by atoms with Gasteiger partial charge in [-0.1, -0.05) is 18.2 Å². The molecule has 0 saturated carbocycles. The van der Waals surface area contributed by atoms with Crippen LogP contribution in [0.1, 0.15) is 39.7 Å². The normalized spacial score (nSPS) is 13.0. The van der Waals surface area contributed by atoms with E-state index in [0.29, 0.717) is 0 Å². The van der Waals surface area contributed by atoms with Gasteiger partial charge in [-0.2, -0.15) is 11.8 Å². The van der Waals surface area contributed by atoms with E-state index in [4.69, 9.17) is 4.84 Å². The molecular formula is C19H26N2O2S. The molecule has 0 spiro atoms. The van der Waals surface area contributed by atoms with E-state index in [2.05, 4.69) is 17.1 Å². The average molecular weight is 346 g/mol. The van der Waals surface area contributed by atoms with Crippen molar-refractivity contribution in [2.24, 2.45) is 0 Å². The van der Waals surface area contributed by atoms with E-state index in [0.717, 1.165) is 29.9 Å². The average Bonchev–Trinajstić information content (AvgIpc) is 2.55. The van der Waals surface area contributed by atoms with Crippen LogP contribution in [-0.4, -0.2) is 33.9 Å². The number of rotatable bonds is 8. The van der Waals surface area contributed by atoms with Crippen molar-refractivity contribution in [3.63, 3.8) is 0 Å². The van der Waals surface area contributed by atoms with Gasteiger partial charge in [-0.15, -0.1) is 0 Å². The molecule has 5 heteroatoms. The number of amides is 1. The zero-order chi connectivity index (χ0) is 17.6. The Kier molecular flexibility index (Phi) is 6.63. The molecule has 0 aliphatic carbocycles. The van der Waals surface area contributed by atoms with E-state index >= 15 is 0 Å². The van der Waals surface area contributed by atoms with Crippen LogP contribution in [0.2, 0.25) is 0 Å². The van der Waals surface area contributed by atoms with Gasteiger partial charge < -0.3 is 0 Å². The third-order valence-corrected chi connectivity index (χ3v) is 4.58. The maximum absolute atomic E-state index is 11.2. The molecule has 1 amide bonds. The van der Waals surface area contributed by atoms with Gasteiger partial charge in [0.25, 0.3) is 0 Å². The lowest BCUT2D eigenvalue weighted by molar-refractivity contribution is -0.230. The molecule has 1 atom stereocenters. The first kappa shape index (κ1) is 18.7. The molecule has 4 nitrogen and oxygen atoms in total. The molecule has 1 aromatic carbocycles. The third kappa shape index (κ3) is 5.80. The highest BCUT2D eigenvalue weighted by molar-refractivity contribution is 7.98. The third-order valence-electron chi connectivity index (χ3n) is 3.51. The fraction of sp³-hybridized carbons (Fsp3) is 0.474. The summed E-state index contributed by atoms with van der Waals surface area (Å²) < 4.78 is 0. The molecule has 1 heterocycles. The Balaban J connectivity index is 1.79. The summed E-state index contributed by atoms with van der Waals surface area (Å²) in [5.74, 6) is 1.89. The minimum absolute atomic E-state index is 0.0592.